The van der Waals surface area contributed by atoms with Gasteiger partial charge >= 0.3 is 0 Å². The third-order valence-corrected chi connectivity index (χ3v) is 5.24. The van der Waals surface area contributed by atoms with Crippen LogP contribution in [0.1, 0.15) is 24.5 Å². The molecule has 0 amide bonds. The molecule has 0 unspecified atom stereocenters. The summed E-state index contributed by atoms with van der Waals surface area (Å²) in [6.45, 7) is 2.22. The Morgan fingerprint density at radius 2 is 1.43 bits per heavy atom. The zero-order chi connectivity index (χ0) is 19.6. The molecule has 4 heteroatoms. The summed E-state index contributed by atoms with van der Waals surface area (Å²) in [6, 6.07) is 24.5. The number of hydrogen-bond donors (Lipinski definition) is 1. The zero-order valence-corrected chi connectivity index (χ0v) is 16.4. The first kappa shape index (κ1) is 18.1. The van der Waals surface area contributed by atoms with Crippen LogP contribution in [0.5, 0.6) is 11.5 Å². The molecule has 3 aromatic rings. The van der Waals surface area contributed by atoms with E-state index < -0.39 is 0 Å². The highest BCUT2D eigenvalue weighted by atomic mass is 16.5. The number of methoxy groups -OCH3 is 2. The predicted octanol–water partition coefficient (Wildman–Crippen LogP) is 5.56. The Hall–Kier alpha value is -3.27. The molecule has 0 bridgehead atoms. The molecule has 1 aliphatic rings. The number of benzene rings is 3. The molecule has 4 rings (SSSR count). The Kier molecular flexibility index (Phi) is 4.78. The number of ether oxygens (including phenoxy) is 2. The molecule has 0 fully saturated rings. The summed E-state index contributed by atoms with van der Waals surface area (Å²) in [5.74, 6) is 1.69. The van der Waals surface area contributed by atoms with E-state index in [4.69, 9.17) is 14.5 Å². The molecule has 1 aliphatic heterocycles. The first-order valence-corrected chi connectivity index (χ1v) is 9.35. The third kappa shape index (κ3) is 3.46. The van der Waals surface area contributed by atoms with Gasteiger partial charge in [0.05, 0.1) is 36.8 Å². The van der Waals surface area contributed by atoms with E-state index in [1.165, 1.54) is 5.56 Å². The quantitative estimate of drug-likeness (QED) is 0.652. The molecule has 1 heterocycles. The van der Waals surface area contributed by atoms with Gasteiger partial charge in [-0.3, -0.25) is 4.99 Å². The lowest BCUT2D eigenvalue weighted by atomic mass is 9.85. The Morgan fingerprint density at radius 3 is 2.07 bits per heavy atom. The maximum Gasteiger partial charge on any atom is 0.118 e. The third-order valence-electron chi connectivity index (χ3n) is 5.24. The van der Waals surface area contributed by atoms with E-state index >= 15 is 0 Å². The second-order valence-electron chi connectivity index (χ2n) is 7.17. The van der Waals surface area contributed by atoms with E-state index in [1.807, 2.05) is 42.5 Å². The van der Waals surface area contributed by atoms with Crippen molar-refractivity contribution in [3.8, 4) is 11.5 Å². The topological polar surface area (TPSA) is 42.8 Å². The molecule has 0 spiro atoms. The summed E-state index contributed by atoms with van der Waals surface area (Å²) in [5.41, 5.74) is 5.00. The Labute approximate surface area is 165 Å². The maximum atomic E-state index is 5.33. The highest BCUT2D eigenvalue weighted by Crippen LogP contribution is 2.39. The van der Waals surface area contributed by atoms with Gasteiger partial charge in [-0.15, -0.1) is 0 Å². The van der Waals surface area contributed by atoms with E-state index in [1.54, 1.807) is 14.2 Å². The van der Waals surface area contributed by atoms with Crippen molar-refractivity contribution in [3.05, 3.63) is 83.9 Å². The molecule has 3 aromatic carbocycles. The monoisotopic (exact) mass is 372 g/mol. The number of fused-ring (bicyclic) bond motifs is 1. The molecule has 4 nitrogen and oxygen atoms in total. The Bertz CT molecular complexity index is 994. The van der Waals surface area contributed by atoms with Crippen LogP contribution in [0.15, 0.2) is 77.8 Å². The van der Waals surface area contributed by atoms with Crippen molar-refractivity contribution in [2.24, 2.45) is 4.99 Å². The van der Waals surface area contributed by atoms with Crippen molar-refractivity contribution in [1.29, 1.82) is 0 Å². The molecule has 0 radical (unpaired) electrons. The fourth-order valence-corrected chi connectivity index (χ4v) is 3.62. The van der Waals surface area contributed by atoms with Crippen LogP contribution in [-0.2, 0) is 5.54 Å². The molecule has 28 heavy (non-hydrogen) atoms. The Balaban J connectivity index is 1.80. The number of hydrogen-bond acceptors (Lipinski definition) is 4. The fraction of sp³-hybridized carbons (Fsp3) is 0.208. The number of nitrogens with zero attached hydrogens (tertiary/aromatic N) is 1. The van der Waals surface area contributed by atoms with Gasteiger partial charge in [0.15, 0.2) is 0 Å². The van der Waals surface area contributed by atoms with Gasteiger partial charge in [0, 0.05) is 6.42 Å². The van der Waals surface area contributed by atoms with Crippen molar-refractivity contribution in [3.63, 3.8) is 0 Å². The van der Waals surface area contributed by atoms with Gasteiger partial charge in [-0.2, -0.15) is 0 Å². The molecular weight excluding hydrogens is 348 g/mol. The van der Waals surface area contributed by atoms with E-state index in [2.05, 4.69) is 42.6 Å². The molecule has 0 saturated carbocycles. The van der Waals surface area contributed by atoms with Gasteiger partial charge in [-0.1, -0.05) is 24.3 Å². The van der Waals surface area contributed by atoms with Crippen LogP contribution in [-0.4, -0.2) is 19.9 Å². The van der Waals surface area contributed by atoms with Gasteiger partial charge in [0.2, 0.25) is 0 Å². The SMILES string of the molecule is COc1ccc(C2=Nc3ccccc3N[C@](C)(c3ccc(OC)cc3)C2)cc1. The first-order chi connectivity index (χ1) is 13.6. The minimum absolute atomic E-state index is 0.308. The molecule has 1 N–H and O–H groups in total. The summed E-state index contributed by atoms with van der Waals surface area (Å²) in [7, 11) is 3.37. The number of aliphatic imine (C=N–C) groups is 1. The minimum atomic E-state index is -0.308. The van der Waals surface area contributed by atoms with Crippen molar-refractivity contribution in [2.75, 3.05) is 19.5 Å². The normalized spacial score (nSPS) is 18.3. The lowest BCUT2D eigenvalue weighted by Gasteiger charge is -2.32. The first-order valence-electron chi connectivity index (χ1n) is 9.35. The number of rotatable bonds is 4. The number of para-hydroxylation sites is 2. The van der Waals surface area contributed by atoms with Crippen LogP contribution >= 0.6 is 0 Å². The lowest BCUT2D eigenvalue weighted by Crippen LogP contribution is -2.33. The van der Waals surface area contributed by atoms with Gasteiger partial charge in [-0.05, 0) is 66.6 Å². The molecule has 0 saturated heterocycles. The second-order valence-corrected chi connectivity index (χ2v) is 7.17. The second kappa shape index (κ2) is 7.39. The van der Waals surface area contributed by atoms with Crippen LogP contribution < -0.4 is 14.8 Å². The highest BCUT2D eigenvalue weighted by molar-refractivity contribution is 6.04. The van der Waals surface area contributed by atoms with Crippen LogP contribution in [0.2, 0.25) is 0 Å². The molecular formula is C24H24N2O2. The van der Waals surface area contributed by atoms with Crippen LogP contribution in [0.4, 0.5) is 11.4 Å². The van der Waals surface area contributed by atoms with E-state index in [-0.39, 0.29) is 5.54 Å². The standard InChI is InChI=1S/C24H24N2O2/c1-24(18-10-14-20(28-3)15-11-18)16-23(17-8-12-19(27-2)13-9-17)25-21-6-4-5-7-22(21)26-24/h4-15,26H,16H2,1-3H3/t24-/m0/s1. The zero-order valence-electron chi connectivity index (χ0n) is 16.4. The van der Waals surface area contributed by atoms with Crippen LogP contribution in [0.3, 0.4) is 0 Å². The summed E-state index contributed by atoms with van der Waals surface area (Å²) < 4.78 is 10.6. The van der Waals surface area contributed by atoms with E-state index in [9.17, 15) is 0 Å². The summed E-state index contributed by atoms with van der Waals surface area (Å²) in [6.07, 6.45) is 0.750. The van der Waals surface area contributed by atoms with Crippen molar-refractivity contribution in [1.82, 2.24) is 0 Å². The van der Waals surface area contributed by atoms with E-state index in [0.29, 0.717) is 0 Å². The van der Waals surface area contributed by atoms with Crippen LogP contribution in [0, 0.1) is 0 Å². The minimum Gasteiger partial charge on any atom is -0.497 e. The predicted molar refractivity (Wildman–Crippen MR) is 114 cm³/mol. The summed E-state index contributed by atoms with van der Waals surface area (Å²) in [4.78, 5) is 5.01. The largest absolute Gasteiger partial charge is 0.497 e. The summed E-state index contributed by atoms with van der Waals surface area (Å²) >= 11 is 0. The number of anilines is 1. The van der Waals surface area contributed by atoms with Gasteiger partial charge in [0.1, 0.15) is 11.5 Å². The van der Waals surface area contributed by atoms with Gasteiger partial charge in [0.25, 0.3) is 0 Å². The van der Waals surface area contributed by atoms with Gasteiger partial charge in [-0.25, -0.2) is 0 Å². The van der Waals surface area contributed by atoms with Crippen molar-refractivity contribution < 1.29 is 9.47 Å². The van der Waals surface area contributed by atoms with Crippen molar-refractivity contribution in [2.45, 2.75) is 18.9 Å². The molecule has 1 atom stereocenters. The maximum absolute atomic E-state index is 5.33. The highest BCUT2D eigenvalue weighted by Gasteiger charge is 2.32. The number of nitrogens with one attached hydrogen (secondary N) is 1. The molecule has 142 valence electrons. The fourth-order valence-electron chi connectivity index (χ4n) is 3.62. The average Bonchev–Trinajstić information content (AvgIpc) is 2.90. The van der Waals surface area contributed by atoms with Gasteiger partial charge < -0.3 is 14.8 Å². The molecule has 0 aliphatic carbocycles. The van der Waals surface area contributed by atoms with Crippen molar-refractivity contribution >= 4 is 17.1 Å². The Morgan fingerprint density at radius 1 is 0.821 bits per heavy atom. The van der Waals surface area contributed by atoms with E-state index in [0.717, 1.165) is 40.6 Å². The van der Waals surface area contributed by atoms with Crippen LogP contribution in [0.25, 0.3) is 0 Å². The smallest absolute Gasteiger partial charge is 0.118 e. The summed E-state index contributed by atoms with van der Waals surface area (Å²) in [5, 5.41) is 3.73. The lowest BCUT2D eigenvalue weighted by molar-refractivity contribution is 0.414. The molecule has 0 aromatic heterocycles. The average molecular weight is 372 g/mol.